The van der Waals surface area contributed by atoms with Gasteiger partial charge in [-0.15, -0.1) is 11.8 Å². The predicted octanol–water partition coefficient (Wildman–Crippen LogP) is 7.67. The van der Waals surface area contributed by atoms with Crippen LogP contribution in [0.25, 0.3) is 10.9 Å². The van der Waals surface area contributed by atoms with Crippen LogP contribution in [0.5, 0.6) is 5.75 Å². The smallest absolute Gasteiger partial charge is 0.309 e. The van der Waals surface area contributed by atoms with Crippen LogP contribution >= 0.6 is 23.4 Å². The van der Waals surface area contributed by atoms with Crippen molar-refractivity contribution in [3.8, 4) is 5.75 Å². The predicted molar refractivity (Wildman–Crippen MR) is 164 cm³/mol. The molecule has 3 aromatic rings. The zero-order valence-corrected chi connectivity index (χ0v) is 26.0. The van der Waals surface area contributed by atoms with Crippen molar-refractivity contribution in [2.45, 2.75) is 89.5 Å². The molecule has 0 bridgehead atoms. The molecule has 216 valence electrons. The normalized spacial score (nSPS) is 16.1. The Balaban J connectivity index is 1.78. The van der Waals surface area contributed by atoms with Crippen molar-refractivity contribution in [3.05, 3.63) is 58.7 Å². The van der Waals surface area contributed by atoms with Crippen LogP contribution in [0.2, 0.25) is 5.02 Å². The van der Waals surface area contributed by atoms with Crippen molar-refractivity contribution in [2.24, 2.45) is 5.41 Å². The topological polar surface area (TPSA) is 71.8 Å². The number of amides is 1. The third-order valence-corrected chi connectivity index (χ3v) is 8.91. The van der Waals surface area contributed by atoms with E-state index in [0.29, 0.717) is 31.0 Å². The Bertz CT molecular complexity index is 1370. The van der Waals surface area contributed by atoms with E-state index >= 15 is 0 Å². The number of rotatable bonds is 10. The molecule has 0 aliphatic carbocycles. The Kier molecular flexibility index (Phi) is 9.15. The van der Waals surface area contributed by atoms with Gasteiger partial charge in [0.15, 0.2) is 0 Å². The van der Waals surface area contributed by atoms with Crippen molar-refractivity contribution in [2.75, 3.05) is 13.2 Å². The molecule has 1 N–H and O–H groups in total. The minimum atomic E-state index is -0.948. The lowest BCUT2D eigenvalue weighted by atomic mass is 9.88. The van der Waals surface area contributed by atoms with Crippen molar-refractivity contribution in [1.82, 2.24) is 9.47 Å². The molecule has 2 aromatic carbocycles. The van der Waals surface area contributed by atoms with E-state index in [4.69, 9.17) is 16.3 Å². The molecule has 1 aromatic heterocycles. The summed E-state index contributed by atoms with van der Waals surface area (Å²) in [6.07, 6.45) is 2.84. The summed E-state index contributed by atoms with van der Waals surface area (Å²) in [7, 11) is 0. The third kappa shape index (κ3) is 6.98. The van der Waals surface area contributed by atoms with Gasteiger partial charge in [0.1, 0.15) is 12.4 Å². The third-order valence-electron chi connectivity index (χ3n) is 7.38. The first-order chi connectivity index (χ1) is 18.8. The van der Waals surface area contributed by atoms with Crippen molar-refractivity contribution < 1.29 is 19.4 Å². The molecule has 0 radical (unpaired) electrons. The van der Waals surface area contributed by atoms with Crippen LogP contribution in [-0.2, 0) is 22.6 Å². The number of carboxylic acids is 1. The summed E-state index contributed by atoms with van der Waals surface area (Å²) in [6, 6.07) is 14.0. The zero-order valence-electron chi connectivity index (χ0n) is 24.4. The van der Waals surface area contributed by atoms with Gasteiger partial charge in [-0.2, -0.15) is 0 Å². The summed E-state index contributed by atoms with van der Waals surface area (Å²) < 4.78 is 8.46. The van der Waals surface area contributed by atoms with E-state index < -0.39 is 11.4 Å². The number of halogens is 1. The van der Waals surface area contributed by atoms with Gasteiger partial charge in [-0.25, -0.2) is 0 Å². The van der Waals surface area contributed by atoms with Crippen LogP contribution in [-0.4, -0.2) is 50.4 Å². The fourth-order valence-electron chi connectivity index (χ4n) is 5.22. The second kappa shape index (κ2) is 12.1. The number of likely N-dealkylation sites (tertiary alicyclic amines) is 1. The zero-order chi connectivity index (χ0) is 29.2. The molecule has 1 atom stereocenters. The number of carbonyl (C=O) groups is 2. The van der Waals surface area contributed by atoms with E-state index in [1.807, 2.05) is 42.2 Å². The highest BCUT2D eigenvalue weighted by atomic mass is 35.5. The molecule has 0 saturated carbocycles. The summed E-state index contributed by atoms with van der Waals surface area (Å²) in [6.45, 7) is 13.8. The Morgan fingerprint density at radius 3 is 2.42 bits per heavy atom. The summed E-state index contributed by atoms with van der Waals surface area (Å²) in [4.78, 5) is 27.6. The van der Waals surface area contributed by atoms with Gasteiger partial charge in [0.2, 0.25) is 5.91 Å². The van der Waals surface area contributed by atoms with Crippen molar-refractivity contribution in [1.29, 1.82) is 0 Å². The lowest BCUT2D eigenvalue weighted by molar-refractivity contribution is -0.146. The fraction of sp³-hybridized carbons (Fsp3) is 0.500. The van der Waals surface area contributed by atoms with Gasteiger partial charge in [-0.3, -0.25) is 9.59 Å². The van der Waals surface area contributed by atoms with Gasteiger partial charge in [0.25, 0.3) is 0 Å². The molecule has 6 nitrogen and oxygen atoms in total. The molecular formula is C32H41ClN2O4S. The lowest BCUT2D eigenvalue weighted by Crippen LogP contribution is -2.38. The molecule has 1 fully saturated rings. The van der Waals surface area contributed by atoms with Crippen LogP contribution in [0, 0.1) is 5.41 Å². The second-order valence-corrected chi connectivity index (χ2v) is 14.6. The highest BCUT2D eigenvalue weighted by molar-refractivity contribution is 8.00. The fourth-order valence-corrected chi connectivity index (χ4v) is 6.53. The lowest BCUT2D eigenvalue weighted by Gasteiger charge is -2.24. The highest BCUT2D eigenvalue weighted by Gasteiger charge is 2.33. The summed E-state index contributed by atoms with van der Waals surface area (Å²) >= 11 is 7.92. The highest BCUT2D eigenvalue weighted by Crippen LogP contribution is 2.44. The molecule has 0 spiro atoms. The maximum atomic E-state index is 12.4. The Labute approximate surface area is 247 Å². The van der Waals surface area contributed by atoms with Gasteiger partial charge in [-0.05, 0) is 62.6 Å². The minimum absolute atomic E-state index is 0.0907. The summed E-state index contributed by atoms with van der Waals surface area (Å²) in [5.74, 6) is 0.108. The molecule has 1 saturated heterocycles. The Hall–Kier alpha value is -2.64. The molecule has 1 aliphatic rings. The number of thioether (sulfide) groups is 1. The Morgan fingerprint density at radius 2 is 1.80 bits per heavy atom. The van der Waals surface area contributed by atoms with Crippen LogP contribution in [0.4, 0.5) is 0 Å². The number of carbonyl (C=O) groups excluding carboxylic acids is 1. The Morgan fingerprint density at radius 1 is 1.10 bits per heavy atom. The van der Waals surface area contributed by atoms with E-state index in [2.05, 4.69) is 37.5 Å². The number of hydrogen-bond acceptors (Lipinski definition) is 4. The molecule has 0 unspecified atom stereocenters. The van der Waals surface area contributed by atoms with Gasteiger partial charge < -0.3 is 19.3 Å². The van der Waals surface area contributed by atoms with E-state index in [1.165, 1.54) is 0 Å². The number of fused-ring (bicyclic) bond motifs is 1. The number of aliphatic carboxylic acids is 1. The van der Waals surface area contributed by atoms with Crippen LogP contribution in [0.1, 0.15) is 72.1 Å². The van der Waals surface area contributed by atoms with Crippen LogP contribution in [0.15, 0.2) is 47.4 Å². The maximum Gasteiger partial charge on any atom is 0.309 e. The number of ether oxygens (including phenoxy) is 1. The summed E-state index contributed by atoms with van der Waals surface area (Å²) in [5.41, 5.74) is 2.18. The molecule has 1 amide bonds. The number of benzene rings is 2. The van der Waals surface area contributed by atoms with Gasteiger partial charge in [0.05, 0.1) is 11.5 Å². The van der Waals surface area contributed by atoms with Crippen molar-refractivity contribution in [3.63, 3.8) is 0 Å². The molecule has 1 aliphatic heterocycles. The van der Waals surface area contributed by atoms with E-state index in [0.717, 1.165) is 52.2 Å². The van der Waals surface area contributed by atoms with Gasteiger partial charge in [-0.1, -0.05) is 51.4 Å². The van der Waals surface area contributed by atoms with Gasteiger partial charge in [0, 0.05) is 57.2 Å². The standard InChI is InChI=1S/C32H41ClN2O4S/c1-7-28(36)34-16-8-9-23(34)20-39-24-14-15-26-25(17-24)29(40-31(2,3)4)27(18-32(5,6)30(37)38)35(26)19-21-10-12-22(33)13-11-21/h10-15,17,23H,7-9,16,18-20H2,1-6H3,(H,37,38)/t23-/m0/s1. The average Bonchev–Trinajstić information content (AvgIpc) is 3.46. The van der Waals surface area contributed by atoms with E-state index in [-0.39, 0.29) is 16.7 Å². The monoisotopic (exact) mass is 584 g/mol. The molecule has 2 heterocycles. The second-order valence-electron chi connectivity index (χ2n) is 12.3. The number of carboxylic acid groups (broad SMARTS) is 1. The van der Waals surface area contributed by atoms with Crippen LogP contribution in [0.3, 0.4) is 0 Å². The SMILES string of the molecule is CCC(=O)N1CCC[C@H]1COc1ccc2c(c1)c(SC(C)(C)C)c(CC(C)(C)C(=O)O)n2Cc1ccc(Cl)cc1. The van der Waals surface area contributed by atoms with Crippen molar-refractivity contribution >= 4 is 46.1 Å². The van der Waals surface area contributed by atoms with E-state index in [9.17, 15) is 14.7 Å². The molecule has 4 rings (SSSR count). The average molecular weight is 585 g/mol. The largest absolute Gasteiger partial charge is 0.491 e. The first-order valence-electron chi connectivity index (χ1n) is 14.0. The number of hydrogen-bond donors (Lipinski definition) is 1. The quantitative estimate of drug-likeness (QED) is 0.248. The first kappa shape index (κ1) is 30.3. The first-order valence-corrected chi connectivity index (χ1v) is 15.2. The molecular weight excluding hydrogens is 544 g/mol. The molecule has 40 heavy (non-hydrogen) atoms. The molecule has 8 heteroatoms. The minimum Gasteiger partial charge on any atom is -0.491 e. The summed E-state index contributed by atoms with van der Waals surface area (Å²) in [5, 5.41) is 11.8. The number of nitrogens with zero attached hydrogens (tertiary/aromatic N) is 2. The van der Waals surface area contributed by atoms with Crippen LogP contribution < -0.4 is 4.74 Å². The number of aromatic nitrogens is 1. The van der Waals surface area contributed by atoms with Gasteiger partial charge >= 0.3 is 5.97 Å². The van der Waals surface area contributed by atoms with E-state index in [1.54, 1.807) is 25.6 Å². The maximum absolute atomic E-state index is 12.4.